The number of hydrogen-bond acceptors (Lipinski definition) is 6. The standard InChI is InChI=1S/C18H33N5O6/c1-8(2)6-12(18(28)29)22-16(26)11(7-13(20)24)21-17(27)14(9(3)4)23-15(25)10(5)19/h8-12,14H,6-7,19H2,1-5H3,(H2,20,24)(H,21,27)(H,22,26)(H,23,25)(H,28,29). The van der Waals surface area contributed by atoms with Gasteiger partial charge in [0.1, 0.15) is 18.1 Å². The summed E-state index contributed by atoms with van der Waals surface area (Å²) in [5.41, 5.74) is 10.7. The Morgan fingerprint density at radius 3 is 1.72 bits per heavy atom. The van der Waals surface area contributed by atoms with Gasteiger partial charge in [-0.05, 0) is 25.2 Å². The Hall–Kier alpha value is -2.69. The fourth-order valence-electron chi connectivity index (χ4n) is 2.46. The molecule has 4 atom stereocenters. The zero-order valence-electron chi connectivity index (χ0n) is 17.5. The summed E-state index contributed by atoms with van der Waals surface area (Å²) >= 11 is 0. The smallest absolute Gasteiger partial charge is 0.326 e. The minimum Gasteiger partial charge on any atom is -0.480 e. The summed E-state index contributed by atoms with van der Waals surface area (Å²) in [6.07, 6.45) is -0.366. The van der Waals surface area contributed by atoms with Crippen molar-refractivity contribution in [2.45, 2.75) is 71.6 Å². The molecule has 0 aromatic rings. The van der Waals surface area contributed by atoms with Crippen molar-refractivity contribution in [3.63, 3.8) is 0 Å². The highest BCUT2D eigenvalue weighted by atomic mass is 16.4. The Bertz CT molecular complexity index is 620. The van der Waals surface area contributed by atoms with E-state index in [0.29, 0.717) is 0 Å². The maximum absolute atomic E-state index is 12.6. The van der Waals surface area contributed by atoms with E-state index in [0.717, 1.165) is 0 Å². The van der Waals surface area contributed by atoms with Gasteiger partial charge in [0.25, 0.3) is 0 Å². The lowest BCUT2D eigenvalue weighted by atomic mass is 10.0. The van der Waals surface area contributed by atoms with E-state index in [1.165, 1.54) is 6.92 Å². The van der Waals surface area contributed by atoms with Gasteiger partial charge in [0.05, 0.1) is 12.5 Å². The molecule has 0 aliphatic heterocycles. The zero-order chi connectivity index (χ0) is 22.9. The minimum absolute atomic E-state index is 0.0145. The quantitative estimate of drug-likeness (QED) is 0.222. The fraction of sp³-hybridized carbons (Fsp3) is 0.722. The van der Waals surface area contributed by atoms with E-state index in [-0.39, 0.29) is 18.3 Å². The van der Waals surface area contributed by atoms with Crippen LogP contribution in [0.2, 0.25) is 0 Å². The molecule has 0 bridgehead atoms. The molecule has 0 radical (unpaired) electrons. The molecule has 4 amide bonds. The first-order chi connectivity index (χ1) is 13.3. The zero-order valence-corrected chi connectivity index (χ0v) is 17.5. The molecule has 0 spiro atoms. The van der Waals surface area contributed by atoms with Crippen LogP contribution >= 0.6 is 0 Å². The van der Waals surface area contributed by atoms with Gasteiger partial charge in [-0.25, -0.2) is 4.79 Å². The van der Waals surface area contributed by atoms with Crippen molar-refractivity contribution in [1.82, 2.24) is 16.0 Å². The molecule has 0 saturated carbocycles. The fourth-order valence-corrected chi connectivity index (χ4v) is 2.46. The molecule has 0 heterocycles. The lowest BCUT2D eigenvalue weighted by Gasteiger charge is -2.26. The average molecular weight is 415 g/mol. The molecule has 0 fully saturated rings. The Kier molecular flexibility index (Phi) is 10.9. The van der Waals surface area contributed by atoms with Crippen molar-refractivity contribution in [2.24, 2.45) is 23.3 Å². The van der Waals surface area contributed by atoms with Crippen LogP contribution < -0.4 is 27.4 Å². The highest BCUT2D eigenvalue weighted by molar-refractivity contribution is 5.96. The first-order valence-corrected chi connectivity index (χ1v) is 9.44. The highest BCUT2D eigenvalue weighted by Gasteiger charge is 2.32. The second-order valence-electron chi connectivity index (χ2n) is 7.78. The van der Waals surface area contributed by atoms with E-state index in [2.05, 4.69) is 16.0 Å². The van der Waals surface area contributed by atoms with Crippen LogP contribution in [-0.4, -0.2) is 58.9 Å². The number of carboxylic acids is 1. The first kappa shape index (κ1) is 26.3. The Morgan fingerprint density at radius 1 is 0.828 bits per heavy atom. The van der Waals surface area contributed by atoms with E-state index in [4.69, 9.17) is 11.5 Å². The number of amides is 4. The molecular weight excluding hydrogens is 382 g/mol. The molecule has 0 aliphatic carbocycles. The van der Waals surface area contributed by atoms with Crippen molar-refractivity contribution in [1.29, 1.82) is 0 Å². The van der Waals surface area contributed by atoms with Crippen LogP contribution in [0.15, 0.2) is 0 Å². The average Bonchev–Trinajstić information content (AvgIpc) is 2.56. The maximum Gasteiger partial charge on any atom is 0.326 e. The van der Waals surface area contributed by atoms with Crippen molar-refractivity contribution < 1.29 is 29.1 Å². The monoisotopic (exact) mass is 415 g/mol. The summed E-state index contributed by atoms with van der Waals surface area (Å²) < 4.78 is 0. The number of nitrogens with one attached hydrogen (secondary N) is 3. The van der Waals surface area contributed by atoms with Gasteiger partial charge in [0, 0.05) is 0 Å². The van der Waals surface area contributed by atoms with Crippen molar-refractivity contribution in [2.75, 3.05) is 0 Å². The summed E-state index contributed by atoms with van der Waals surface area (Å²) in [7, 11) is 0. The van der Waals surface area contributed by atoms with Gasteiger partial charge >= 0.3 is 5.97 Å². The van der Waals surface area contributed by atoms with Crippen LogP contribution in [0.25, 0.3) is 0 Å². The Morgan fingerprint density at radius 2 is 1.34 bits per heavy atom. The van der Waals surface area contributed by atoms with Crippen molar-refractivity contribution >= 4 is 29.6 Å². The second-order valence-corrected chi connectivity index (χ2v) is 7.78. The molecule has 11 heteroatoms. The maximum atomic E-state index is 12.6. The summed E-state index contributed by atoms with van der Waals surface area (Å²) in [5, 5.41) is 16.4. The SMILES string of the molecule is CC(C)CC(NC(=O)C(CC(N)=O)NC(=O)C(NC(=O)C(C)N)C(C)C)C(=O)O. The molecule has 29 heavy (non-hydrogen) atoms. The molecule has 166 valence electrons. The van der Waals surface area contributed by atoms with E-state index in [1.54, 1.807) is 27.7 Å². The van der Waals surface area contributed by atoms with Gasteiger partial charge < -0.3 is 32.5 Å². The van der Waals surface area contributed by atoms with Gasteiger partial charge in [-0.15, -0.1) is 0 Å². The number of carboxylic acid groups (broad SMARTS) is 1. The topological polar surface area (TPSA) is 194 Å². The number of carbonyl (C=O) groups is 5. The van der Waals surface area contributed by atoms with Crippen LogP contribution in [0.3, 0.4) is 0 Å². The summed E-state index contributed by atoms with van der Waals surface area (Å²) in [6, 6.07) is -4.43. The first-order valence-electron chi connectivity index (χ1n) is 9.44. The van der Waals surface area contributed by atoms with E-state index < -0.39 is 60.2 Å². The molecule has 0 saturated heterocycles. The highest BCUT2D eigenvalue weighted by Crippen LogP contribution is 2.07. The summed E-state index contributed by atoms with van der Waals surface area (Å²) in [4.78, 5) is 59.7. The van der Waals surface area contributed by atoms with Crippen LogP contribution in [0.4, 0.5) is 0 Å². The third-order valence-corrected chi connectivity index (χ3v) is 4.02. The Balaban J connectivity index is 5.40. The summed E-state index contributed by atoms with van der Waals surface area (Å²) in [6.45, 7) is 8.39. The number of hydrogen-bond donors (Lipinski definition) is 6. The van der Waals surface area contributed by atoms with Gasteiger partial charge in [-0.1, -0.05) is 27.7 Å². The predicted octanol–water partition coefficient (Wildman–Crippen LogP) is -1.55. The van der Waals surface area contributed by atoms with Crippen molar-refractivity contribution in [3.05, 3.63) is 0 Å². The summed E-state index contributed by atoms with van der Waals surface area (Å²) in [5.74, 6) is -4.58. The molecule has 0 aliphatic rings. The van der Waals surface area contributed by atoms with Crippen LogP contribution in [0.1, 0.15) is 47.5 Å². The molecular formula is C18H33N5O6. The second kappa shape index (κ2) is 12.0. The molecule has 4 unspecified atom stereocenters. The number of nitrogens with two attached hydrogens (primary N) is 2. The number of primary amides is 1. The molecule has 0 rings (SSSR count). The van der Waals surface area contributed by atoms with Gasteiger partial charge in [-0.2, -0.15) is 0 Å². The van der Waals surface area contributed by atoms with Crippen LogP contribution in [0, 0.1) is 11.8 Å². The Labute approximate surface area is 170 Å². The third-order valence-electron chi connectivity index (χ3n) is 4.02. The van der Waals surface area contributed by atoms with Gasteiger partial charge in [0.2, 0.25) is 23.6 Å². The molecule has 11 nitrogen and oxygen atoms in total. The van der Waals surface area contributed by atoms with Gasteiger partial charge in [-0.3, -0.25) is 19.2 Å². The lowest BCUT2D eigenvalue weighted by molar-refractivity contribution is -0.143. The predicted molar refractivity (Wildman–Crippen MR) is 105 cm³/mol. The molecule has 0 aromatic carbocycles. The number of rotatable bonds is 12. The van der Waals surface area contributed by atoms with E-state index in [1.807, 2.05) is 0 Å². The van der Waals surface area contributed by atoms with Crippen molar-refractivity contribution in [3.8, 4) is 0 Å². The minimum atomic E-state index is -1.39. The van der Waals surface area contributed by atoms with Gasteiger partial charge in [0.15, 0.2) is 0 Å². The number of carbonyl (C=O) groups excluding carboxylic acids is 4. The third kappa shape index (κ3) is 9.88. The van der Waals surface area contributed by atoms with E-state index >= 15 is 0 Å². The van der Waals surface area contributed by atoms with E-state index in [9.17, 15) is 29.1 Å². The van der Waals surface area contributed by atoms with Crippen LogP contribution in [0.5, 0.6) is 0 Å². The molecule has 8 N–H and O–H groups in total. The largest absolute Gasteiger partial charge is 0.480 e. The number of aliphatic carboxylic acids is 1. The normalized spacial score (nSPS) is 15.2. The van der Waals surface area contributed by atoms with Crippen LogP contribution in [-0.2, 0) is 24.0 Å². The lowest BCUT2D eigenvalue weighted by Crippen LogP contribution is -2.58. The molecule has 0 aromatic heterocycles.